The van der Waals surface area contributed by atoms with Crippen molar-refractivity contribution in [1.29, 1.82) is 0 Å². The molecular formula is C9H17BrF3NO. The summed E-state index contributed by atoms with van der Waals surface area (Å²) in [4.78, 5) is 0.250. The van der Waals surface area contributed by atoms with Crippen LogP contribution in [0.5, 0.6) is 0 Å². The third kappa shape index (κ3) is 5.73. The number of likely N-dealkylation sites (N-methyl/N-ethyl adjacent to an activating group) is 1. The van der Waals surface area contributed by atoms with Gasteiger partial charge >= 0.3 is 6.18 Å². The first-order valence-corrected chi connectivity index (χ1v) is 5.68. The first-order valence-electron chi connectivity index (χ1n) is 4.76. The number of hydrogen-bond acceptors (Lipinski definition) is 2. The highest BCUT2D eigenvalue weighted by Crippen LogP contribution is 2.27. The Bertz CT molecular complexity index is 177. The van der Waals surface area contributed by atoms with Crippen molar-refractivity contribution in [3.63, 3.8) is 0 Å². The predicted molar refractivity (Wildman–Crippen MR) is 57.4 cm³/mol. The third-order valence-electron chi connectivity index (χ3n) is 2.19. The van der Waals surface area contributed by atoms with E-state index in [4.69, 9.17) is 4.74 Å². The molecule has 2 nitrogen and oxygen atoms in total. The standard InChI is InChI=1S/C9H17BrF3NO/c1-4-14(7(2)6-15-3)5-8(10)9(11,12)13/h7-8H,4-6H2,1-3H3. The number of ether oxygens (including phenoxy) is 1. The van der Waals surface area contributed by atoms with Gasteiger partial charge in [-0.2, -0.15) is 13.2 Å². The van der Waals surface area contributed by atoms with Gasteiger partial charge in [0.2, 0.25) is 0 Å². The molecule has 2 atom stereocenters. The quantitative estimate of drug-likeness (QED) is 0.698. The van der Waals surface area contributed by atoms with Gasteiger partial charge in [0.25, 0.3) is 0 Å². The molecule has 92 valence electrons. The minimum atomic E-state index is -4.19. The normalized spacial score (nSPS) is 16.8. The molecule has 0 aliphatic rings. The van der Waals surface area contributed by atoms with Crippen LogP contribution in [-0.2, 0) is 4.74 Å². The molecule has 0 rings (SSSR count). The minimum absolute atomic E-state index is 0.0117. The molecule has 0 bridgehead atoms. The zero-order valence-electron chi connectivity index (χ0n) is 9.14. The Hall–Kier alpha value is 0.190. The van der Waals surface area contributed by atoms with E-state index >= 15 is 0 Å². The second-order valence-electron chi connectivity index (χ2n) is 3.40. The molecule has 0 radical (unpaired) electrons. The number of hydrogen-bond donors (Lipinski definition) is 0. The highest BCUT2D eigenvalue weighted by molar-refractivity contribution is 9.09. The van der Waals surface area contributed by atoms with Gasteiger partial charge in [-0.05, 0) is 13.5 Å². The molecule has 0 fully saturated rings. The number of nitrogens with zero attached hydrogens (tertiary/aromatic N) is 1. The fourth-order valence-electron chi connectivity index (χ4n) is 1.28. The first kappa shape index (κ1) is 15.2. The summed E-state index contributed by atoms with van der Waals surface area (Å²) in [5, 5.41) is 0. The number of rotatable bonds is 6. The maximum absolute atomic E-state index is 12.3. The third-order valence-corrected chi connectivity index (χ3v) is 3.00. The van der Waals surface area contributed by atoms with Crippen LogP contribution in [0.3, 0.4) is 0 Å². The lowest BCUT2D eigenvalue weighted by Crippen LogP contribution is -2.43. The monoisotopic (exact) mass is 291 g/mol. The van der Waals surface area contributed by atoms with Crippen molar-refractivity contribution in [3.05, 3.63) is 0 Å². The van der Waals surface area contributed by atoms with Crippen LogP contribution in [0.15, 0.2) is 0 Å². The molecule has 0 heterocycles. The summed E-state index contributed by atoms with van der Waals surface area (Å²) < 4.78 is 41.8. The van der Waals surface area contributed by atoms with E-state index in [1.807, 2.05) is 13.8 Å². The van der Waals surface area contributed by atoms with Crippen molar-refractivity contribution in [3.8, 4) is 0 Å². The fraction of sp³-hybridized carbons (Fsp3) is 1.00. The van der Waals surface area contributed by atoms with Crippen LogP contribution in [0, 0.1) is 0 Å². The zero-order chi connectivity index (χ0) is 12.1. The second-order valence-corrected chi connectivity index (χ2v) is 4.51. The highest BCUT2D eigenvalue weighted by atomic mass is 79.9. The Balaban J connectivity index is 4.20. The lowest BCUT2D eigenvalue weighted by Gasteiger charge is -2.29. The summed E-state index contributed by atoms with van der Waals surface area (Å²) in [6.45, 7) is 4.64. The smallest absolute Gasteiger partial charge is 0.383 e. The molecule has 0 aliphatic carbocycles. The molecule has 0 saturated heterocycles. The Morgan fingerprint density at radius 3 is 2.27 bits per heavy atom. The van der Waals surface area contributed by atoms with Gasteiger partial charge in [0, 0.05) is 19.7 Å². The Morgan fingerprint density at radius 2 is 1.93 bits per heavy atom. The molecule has 2 unspecified atom stereocenters. The van der Waals surface area contributed by atoms with Gasteiger partial charge in [0.1, 0.15) is 4.83 Å². The number of methoxy groups -OCH3 is 1. The molecule has 0 spiro atoms. The van der Waals surface area contributed by atoms with Crippen LogP contribution in [0.25, 0.3) is 0 Å². The van der Waals surface area contributed by atoms with Gasteiger partial charge in [-0.15, -0.1) is 0 Å². The highest BCUT2D eigenvalue weighted by Gasteiger charge is 2.38. The average molecular weight is 292 g/mol. The Labute approximate surface area is 96.9 Å². The SMILES string of the molecule is CCN(CC(Br)C(F)(F)F)C(C)COC. The summed E-state index contributed by atoms with van der Waals surface area (Å²) in [5.41, 5.74) is 0. The van der Waals surface area contributed by atoms with E-state index < -0.39 is 11.0 Å². The fourth-order valence-corrected chi connectivity index (χ4v) is 1.65. The van der Waals surface area contributed by atoms with E-state index in [0.717, 1.165) is 0 Å². The Kier molecular flexibility index (Phi) is 6.79. The van der Waals surface area contributed by atoms with Crippen molar-refractivity contribution in [2.24, 2.45) is 0 Å². The largest absolute Gasteiger partial charge is 0.402 e. The lowest BCUT2D eigenvalue weighted by molar-refractivity contribution is -0.131. The van der Waals surface area contributed by atoms with Crippen LogP contribution in [-0.4, -0.2) is 48.8 Å². The van der Waals surface area contributed by atoms with Gasteiger partial charge in [-0.3, -0.25) is 4.90 Å². The summed E-state index contributed by atoms with van der Waals surface area (Å²) in [6.07, 6.45) is -4.19. The summed E-state index contributed by atoms with van der Waals surface area (Å²) in [6, 6.07) is -0.0117. The molecule has 0 aromatic carbocycles. The zero-order valence-corrected chi connectivity index (χ0v) is 10.7. The summed E-state index contributed by atoms with van der Waals surface area (Å²) >= 11 is 2.65. The summed E-state index contributed by atoms with van der Waals surface area (Å²) in [5.74, 6) is 0. The van der Waals surface area contributed by atoms with Gasteiger partial charge in [0.15, 0.2) is 0 Å². The van der Waals surface area contributed by atoms with Crippen LogP contribution in [0.2, 0.25) is 0 Å². The van der Waals surface area contributed by atoms with Crippen LogP contribution in [0.1, 0.15) is 13.8 Å². The van der Waals surface area contributed by atoms with Gasteiger partial charge in [0.05, 0.1) is 6.61 Å². The van der Waals surface area contributed by atoms with E-state index in [1.165, 1.54) is 0 Å². The maximum atomic E-state index is 12.3. The molecule has 0 saturated carbocycles. The van der Waals surface area contributed by atoms with E-state index in [2.05, 4.69) is 15.9 Å². The molecule has 0 aliphatic heterocycles. The van der Waals surface area contributed by atoms with Crippen molar-refractivity contribution in [1.82, 2.24) is 4.90 Å². The van der Waals surface area contributed by atoms with E-state index in [1.54, 1.807) is 12.0 Å². The average Bonchev–Trinajstić information content (AvgIpc) is 2.12. The van der Waals surface area contributed by atoms with Crippen molar-refractivity contribution < 1.29 is 17.9 Å². The van der Waals surface area contributed by atoms with E-state index in [-0.39, 0.29) is 12.6 Å². The number of halogens is 4. The molecule has 0 aromatic rings. The van der Waals surface area contributed by atoms with Crippen LogP contribution >= 0.6 is 15.9 Å². The van der Waals surface area contributed by atoms with Crippen LogP contribution in [0.4, 0.5) is 13.2 Å². The van der Waals surface area contributed by atoms with E-state index in [0.29, 0.717) is 13.2 Å². The van der Waals surface area contributed by atoms with Gasteiger partial charge < -0.3 is 4.74 Å². The first-order chi connectivity index (χ1) is 6.82. The predicted octanol–water partition coefficient (Wildman–Crippen LogP) is 2.67. The molecule has 0 N–H and O–H groups in total. The lowest BCUT2D eigenvalue weighted by atomic mass is 10.2. The molecule has 6 heteroatoms. The number of alkyl halides is 4. The van der Waals surface area contributed by atoms with E-state index in [9.17, 15) is 13.2 Å². The molecule has 15 heavy (non-hydrogen) atoms. The molecule has 0 amide bonds. The maximum Gasteiger partial charge on any atom is 0.402 e. The van der Waals surface area contributed by atoms with Crippen molar-refractivity contribution >= 4 is 15.9 Å². The molecular weight excluding hydrogens is 275 g/mol. The minimum Gasteiger partial charge on any atom is -0.383 e. The second kappa shape index (κ2) is 6.70. The Morgan fingerprint density at radius 1 is 1.40 bits per heavy atom. The van der Waals surface area contributed by atoms with Crippen molar-refractivity contribution in [2.45, 2.75) is 30.9 Å². The summed E-state index contributed by atoms with van der Waals surface area (Å²) in [7, 11) is 1.54. The van der Waals surface area contributed by atoms with Gasteiger partial charge in [-0.25, -0.2) is 0 Å². The van der Waals surface area contributed by atoms with Gasteiger partial charge in [-0.1, -0.05) is 22.9 Å². The van der Waals surface area contributed by atoms with Crippen molar-refractivity contribution in [2.75, 3.05) is 26.8 Å². The molecule has 0 aromatic heterocycles. The topological polar surface area (TPSA) is 12.5 Å². The van der Waals surface area contributed by atoms with Crippen LogP contribution < -0.4 is 0 Å².